The molecule has 20 heavy (non-hydrogen) atoms. The molecule has 1 fully saturated rings. The average molecular weight is 294 g/mol. The molecule has 0 radical (unpaired) electrons. The van der Waals surface area contributed by atoms with E-state index in [1.807, 2.05) is 4.90 Å². The lowest BCUT2D eigenvalue weighted by Crippen LogP contribution is -2.63. The van der Waals surface area contributed by atoms with Crippen molar-refractivity contribution in [2.45, 2.75) is 66.2 Å². The summed E-state index contributed by atoms with van der Waals surface area (Å²) in [6, 6.07) is 0.373. The van der Waals surface area contributed by atoms with Crippen LogP contribution in [0.15, 0.2) is 0 Å². The zero-order chi connectivity index (χ0) is 15.8. The first-order valence-electron chi connectivity index (χ1n) is 7.35. The molecule has 0 aromatic carbocycles. The number of alkyl halides is 3. The maximum Gasteiger partial charge on any atom is 0.390 e. The van der Waals surface area contributed by atoms with E-state index in [1.165, 1.54) is 0 Å². The van der Waals surface area contributed by atoms with Crippen LogP contribution in [0.2, 0.25) is 0 Å². The lowest BCUT2D eigenvalue weighted by Gasteiger charge is -2.49. The van der Waals surface area contributed by atoms with Gasteiger partial charge < -0.3 is 5.32 Å². The zero-order valence-electron chi connectivity index (χ0n) is 13.6. The van der Waals surface area contributed by atoms with Crippen LogP contribution >= 0.6 is 0 Å². The van der Waals surface area contributed by atoms with Crippen molar-refractivity contribution in [3.05, 3.63) is 0 Å². The van der Waals surface area contributed by atoms with E-state index in [-0.39, 0.29) is 29.5 Å². The van der Waals surface area contributed by atoms with Crippen LogP contribution in [0.4, 0.5) is 13.2 Å². The predicted octanol–water partition coefficient (Wildman–Crippen LogP) is 3.67. The topological polar surface area (TPSA) is 15.3 Å². The summed E-state index contributed by atoms with van der Waals surface area (Å²) in [5, 5.41) is 3.52. The van der Waals surface area contributed by atoms with Crippen LogP contribution in [-0.2, 0) is 0 Å². The lowest BCUT2D eigenvalue weighted by molar-refractivity contribution is -0.142. The third-order valence-electron chi connectivity index (χ3n) is 4.14. The van der Waals surface area contributed by atoms with Crippen LogP contribution in [0, 0.1) is 10.8 Å². The molecule has 0 aromatic rings. The molecular formula is C15H29F3N2. The Morgan fingerprint density at radius 2 is 1.55 bits per heavy atom. The van der Waals surface area contributed by atoms with Crippen LogP contribution < -0.4 is 5.32 Å². The van der Waals surface area contributed by atoms with Gasteiger partial charge in [-0.2, -0.15) is 13.2 Å². The number of nitrogens with one attached hydrogen (secondary N) is 1. The molecule has 0 aliphatic carbocycles. The van der Waals surface area contributed by atoms with Crippen LogP contribution in [0.5, 0.6) is 0 Å². The van der Waals surface area contributed by atoms with E-state index in [2.05, 4.69) is 46.9 Å². The second kappa shape index (κ2) is 5.84. The summed E-state index contributed by atoms with van der Waals surface area (Å²) >= 11 is 0. The summed E-state index contributed by atoms with van der Waals surface area (Å²) in [6.45, 7) is 14.2. The summed E-state index contributed by atoms with van der Waals surface area (Å²) in [4.78, 5) is 2.03. The monoisotopic (exact) mass is 294 g/mol. The summed E-state index contributed by atoms with van der Waals surface area (Å²) in [7, 11) is 0. The number of halogens is 3. The van der Waals surface area contributed by atoms with E-state index in [0.29, 0.717) is 6.54 Å². The van der Waals surface area contributed by atoms with Crippen LogP contribution in [0.1, 0.15) is 48.0 Å². The lowest BCUT2D eigenvalue weighted by atomic mass is 9.79. The number of hydrogen-bond donors (Lipinski definition) is 1. The summed E-state index contributed by atoms with van der Waals surface area (Å²) in [6.07, 6.45) is -4.80. The molecule has 1 rings (SSSR count). The van der Waals surface area contributed by atoms with Crippen molar-refractivity contribution in [1.29, 1.82) is 0 Å². The third kappa shape index (κ3) is 5.24. The molecule has 2 unspecified atom stereocenters. The Labute approximate surface area is 121 Å². The van der Waals surface area contributed by atoms with Gasteiger partial charge in [0.25, 0.3) is 0 Å². The second-order valence-electron chi connectivity index (χ2n) is 8.07. The Morgan fingerprint density at radius 1 is 1.00 bits per heavy atom. The van der Waals surface area contributed by atoms with Crippen molar-refractivity contribution in [3.63, 3.8) is 0 Å². The maximum absolute atomic E-state index is 12.5. The van der Waals surface area contributed by atoms with Crippen LogP contribution in [-0.4, -0.2) is 42.8 Å². The van der Waals surface area contributed by atoms with Gasteiger partial charge in [0.05, 0.1) is 6.42 Å². The van der Waals surface area contributed by atoms with Gasteiger partial charge in [-0.25, -0.2) is 0 Å². The van der Waals surface area contributed by atoms with Crippen molar-refractivity contribution in [3.8, 4) is 0 Å². The fourth-order valence-electron chi connectivity index (χ4n) is 2.76. The minimum Gasteiger partial charge on any atom is -0.311 e. The fraction of sp³-hybridized carbons (Fsp3) is 1.00. The smallest absolute Gasteiger partial charge is 0.311 e. The van der Waals surface area contributed by atoms with Gasteiger partial charge >= 0.3 is 6.18 Å². The van der Waals surface area contributed by atoms with Crippen molar-refractivity contribution in [2.24, 2.45) is 10.8 Å². The Hall–Kier alpha value is -0.290. The van der Waals surface area contributed by atoms with E-state index in [9.17, 15) is 13.2 Å². The SMILES string of the molecule is CC(C)(C)C1CN(CCC(F)(F)F)C(C(C)(C)C)CN1. The Bertz CT molecular complexity index is 313. The van der Waals surface area contributed by atoms with Gasteiger partial charge in [-0.3, -0.25) is 4.90 Å². The Balaban J connectivity index is 2.78. The highest BCUT2D eigenvalue weighted by Crippen LogP contribution is 2.32. The number of piperazine rings is 1. The minimum absolute atomic E-state index is 0.0263. The third-order valence-corrected chi connectivity index (χ3v) is 4.14. The van der Waals surface area contributed by atoms with Gasteiger partial charge in [0.15, 0.2) is 0 Å². The van der Waals surface area contributed by atoms with E-state index in [1.54, 1.807) is 0 Å². The Morgan fingerprint density at radius 3 is 1.95 bits per heavy atom. The number of rotatable bonds is 2. The fourth-order valence-corrected chi connectivity index (χ4v) is 2.76. The van der Waals surface area contributed by atoms with Gasteiger partial charge in [0.1, 0.15) is 0 Å². The molecule has 0 amide bonds. The van der Waals surface area contributed by atoms with E-state index in [4.69, 9.17) is 0 Å². The van der Waals surface area contributed by atoms with Crippen molar-refractivity contribution >= 4 is 0 Å². The van der Waals surface area contributed by atoms with E-state index < -0.39 is 12.6 Å². The summed E-state index contributed by atoms with van der Waals surface area (Å²) in [5.74, 6) is 0. The highest BCUT2D eigenvalue weighted by Gasteiger charge is 2.40. The van der Waals surface area contributed by atoms with Gasteiger partial charge in [-0.15, -0.1) is 0 Å². The quantitative estimate of drug-likeness (QED) is 0.836. The van der Waals surface area contributed by atoms with Gasteiger partial charge in [0.2, 0.25) is 0 Å². The van der Waals surface area contributed by atoms with Crippen LogP contribution in [0.3, 0.4) is 0 Å². The molecule has 1 aliphatic rings. The molecule has 0 saturated carbocycles. The predicted molar refractivity (Wildman–Crippen MR) is 76.7 cm³/mol. The molecule has 120 valence electrons. The van der Waals surface area contributed by atoms with E-state index >= 15 is 0 Å². The molecule has 1 heterocycles. The standard InChI is InChI=1S/C15H29F3N2/c1-13(2,3)11-10-20(8-7-15(16,17)18)12(9-19-11)14(4,5)6/h11-12,19H,7-10H2,1-6H3. The number of nitrogens with zero attached hydrogens (tertiary/aromatic N) is 1. The molecule has 1 N–H and O–H groups in total. The first-order valence-corrected chi connectivity index (χ1v) is 7.35. The molecular weight excluding hydrogens is 265 g/mol. The molecule has 2 atom stereocenters. The first kappa shape index (κ1) is 17.8. The summed E-state index contributed by atoms with van der Waals surface area (Å²) < 4.78 is 37.6. The molecule has 2 nitrogen and oxygen atoms in total. The van der Waals surface area contributed by atoms with Crippen molar-refractivity contribution < 1.29 is 13.2 Å². The molecule has 1 aliphatic heterocycles. The normalized spacial score (nSPS) is 26.9. The Kier molecular flexibility index (Phi) is 5.18. The van der Waals surface area contributed by atoms with E-state index in [0.717, 1.165) is 6.54 Å². The second-order valence-corrected chi connectivity index (χ2v) is 8.07. The molecule has 0 aromatic heterocycles. The largest absolute Gasteiger partial charge is 0.390 e. The molecule has 0 spiro atoms. The van der Waals surface area contributed by atoms with Gasteiger partial charge in [-0.1, -0.05) is 41.5 Å². The molecule has 1 saturated heterocycles. The average Bonchev–Trinajstić information content (AvgIpc) is 2.22. The first-order chi connectivity index (χ1) is 8.81. The van der Waals surface area contributed by atoms with Gasteiger partial charge in [-0.05, 0) is 10.8 Å². The van der Waals surface area contributed by atoms with Crippen molar-refractivity contribution in [2.75, 3.05) is 19.6 Å². The maximum atomic E-state index is 12.5. The zero-order valence-corrected chi connectivity index (χ0v) is 13.6. The van der Waals surface area contributed by atoms with Crippen molar-refractivity contribution in [1.82, 2.24) is 10.2 Å². The molecule has 5 heteroatoms. The summed E-state index contributed by atoms with van der Waals surface area (Å²) in [5.41, 5.74) is 0.0286. The van der Waals surface area contributed by atoms with Crippen LogP contribution in [0.25, 0.3) is 0 Å². The highest BCUT2D eigenvalue weighted by atomic mass is 19.4. The number of hydrogen-bond acceptors (Lipinski definition) is 2. The minimum atomic E-state index is -4.08. The van der Waals surface area contributed by atoms with Gasteiger partial charge in [0, 0.05) is 31.7 Å². The highest BCUT2D eigenvalue weighted by molar-refractivity contribution is 4.96. The molecule has 0 bridgehead atoms.